The maximum atomic E-state index is 12.7. The van der Waals surface area contributed by atoms with E-state index in [1.165, 1.54) is 6.26 Å². The van der Waals surface area contributed by atoms with Crippen molar-refractivity contribution in [3.05, 3.63) is 48.4 Å². The van der Waals surface area contributed by atoms with E-state index in [1.807, 2.05) is 0 Å². The van der Waals surface area contributed by atoms with Gasteiger partial charge in [-0.3, -0.25) is 9.59 Å². The summed E-state index contributed by atoms with van der Waals surface area (Å²) < 4.78 is 10.6. The average molecular weight is 357 g/mol. The van der Waals surface area contributed by atoms with Crippen molar-refractivity contribution in [3.63, 3.8) is 0 Å². The molecule has 0 saturated carbocycles. The number of benzene rings is 1. The molecule has 2 aromatic rings. The lowest BCUT2D eigenvalue weighted by Crippen LogP contribution is -2.49. The minimum atomic E-state index is -0.505. The molecule has 1 aliphatic rings. The monoisotopic (exact) mass is 357 g/mol. The molecule has 2 heterocycles. The van der Waals surface area contributed by atoms with Crippen LogP contribution in [0, 0.1) is 0 Å². The fraction of sp³-hybridized carbons (Fsp3) is 0.368. The van der Waals surface area contributed by atoms with Crippen molar-refractivity contribution >= 4 is 17.5 Å². The summed E-state index contributed by atoms with van der Waals surface area (Å²) in [6.45, 7) is 1.43. The van der Waals surface area contributed by atoms with Crippen LogP contribution in [0.2, 0.25) is 0 Å². The number of hydrogen-bond acceptors (Lipinski definition) is 5. The Balaban J connectivity index is 1.66. The first-order valence-electron chi connectivity index (χ1n) is 8.77. The fourth-order valence-electron chi connectivity index (χ4n) is 3.03. The molecule has 1 aromatic carbocycles. The fourth-order valence-corrected chi connectivity index (χ4v) is 3.03. The number of likely N-dealkylation sites (tertiary alicyclic amines) is 1. The summed E-state index contributed by atoms with van der Waals surface area (Å²) >= 11 is 0. The zero-order valence-corrected chi connectivity index (χ0v) is 14.5. The van der Waals surface area contributed by atoms with Gasteiger partial charge in [-0.05, 0) is 55.7 Å². The third-order valence-electron chi connectivity index (χ3n) is 4.31. The number of rotatable bonds is 6. The third-order valence-corrected chi connectivity index (χ3v) is 4.31. The van der Waals surface area contributed by atoms with Crippen LogP contribution in [0.1, 0.15) is 29.8 Å². The van der Waals surface area contributed by atoms with Crippen molar-refractivity contribution in [3.8, 4) is 5.75 Å². The molecular weight excluding hydrogens is 334 g/mol. The Hall–Kier alpha value is -2.80. The quantitative estimate of drug-likeness (QED) is 0.826. The molecule has 3 rings (SSSR count). The molecular formula is C19H23N3O4. The van der Waals surface area contributed by atoms with E-state index in [-0.39, 0.29) is 17.6 Å². The first kappa shape index (κ1) is 18.0. The molecule has 2 amide bonds. The molecule has 1 aromatic heterocycles. The summed E-state index contributed by atoms with van der Waals surface area (Å²) in [5.41, 5.74) is 6.06. The lowest BCUT2D eigenvalue weighted by Gasteiger charge is -2.34. The zero-order valence-electron chi connectivity index (χ0n) is 14.5. The Morgan fingerprint density at radius 1 is 1.23 bits per heavy atom. The maximum Gasteiger partial charge on any atom is 0.290 e. The van der Waals surface area contributed by atoms with Gasteiger partial charge in [0.05, 0.1) is 6.26 Å². The van der Waals surface area contributed by atoms with Crippen LogP contribution in [0.25, 0.3) is 0 Å². The van der Waals surface area contributed by atoms with E-state index in [0.717, 1.165) is 12.8 Å². The Morgan fingerprint density at radius 3 is 2.73 bits per heavy atom. The van der Waals surface area contributed by atoms with Gasteiger partial charge in [-0.15, -0.1) is 0 Å². The average Bonchev–Trinajstić information content (AvgIpc) is 3.21. The molecule has 3 N–H and O–H groups in total. The summed E-state index contributed by atoms with van der Waals surface area (Å²) in [6, 6.07) is 9.87. The molecule has 0 bridgehead atoms. The van der Waals surface area contributed by atoms with Gasteiger partial charge in [0.2, 0.25) is 5.91 Å². The highest BCUT2D eigenvalue weighted by atomic mass is 16.5. The molecule has 1 unspecified atom stereocenters. The second-order valence-electron chi connectivity index (χ2n) is 6.14. The van der Waals surface area contributed by atoms with Crippen molar-refractivity contribution < 1.29 is 18.7 Å². The summed E-state index contributed by atoms with van der Waals surface area (Å²) in [6.07, 6.45) is 3.88. The number of nitrogens with zero attached hydrogens (tertiary/aromatic N) is 1. The molecule has 7 heteroatoms. The third kappa shape index (κ3) is 4.23. The normalized spacial score (nSPS) is 17.0. The standard InChI is InChI=1S/C19H23N3O4/c20-10-13-25-15-8-6-14(7-9-15)21-18(23)16-4-1-2-11-22(16)19(24)17-5-3-12-26-17/h3,5-9,12,16H,1-2,4,10-11,13,20H2,(H,21,23). The van der Waals surface area contributed by atoms with Crippen LogP contribution in [0.4, 0.5) is 5.69 Å². The van der Waals surface area contributed by atoms with E-state index >= 15 is 0 Å². The Labute approximate surface area is 152 Å². The molecule has 138 valence electrons. The van der Waals surface area contributed by atoms with Gasteiger partial charge in [0, 0.05) is 18.8 Å². The molecule has 0 radical (unpaired) electrons. The number of furan rings is 1. The largest absolute Gasteiger partial charge is 0.492 e. The van der Waals surface area contributed by atoms with E-state index in [0.29, 0.717) is 37.6 Å². The molecule has 0 spiro atoms. The van der Waals surface area contributed by atoms with E-state index in [2.05, 4.69) is 5.32 Å². The summed E-state index contributed by atoms with van der Waals surface area (Å²) in [5.74, 6) is 0.507. The highest BCUT2D eigenvalue weighted by Gasteiger charge is 2.33. The van der Waals surface area contributed by atoms with Crippen molar-refractivity contribution in [1.29, 1.82) is 0 Å². The number of nitrogens with two attached hydrogens (primary N) is 1. The van der Waals surface area contributed by atoms with Crippen molar-refractivity contribution in [2.45, 2.75) is 25.3 Å². The Bertz CT molecular complexity index is 728. The number of hydrogen-bond donors (Lipinski definition) is 2. The number of carbonyl (C=O) groups is 2. The van der Waals surface area contributed by atoms with Crippen molar-refractivity contribution in [1.82, 2.24) is 4.90 Å². The van der Waals surface area contributed by atoms with Crippen molar-refractivity contribution in [2.24, 2.45) is 5.73 Å². The first-order chi connectivity index (χ1) is 12.7. The van der Waals surface area contributed by atoms with E-state index in [1.54, 1.807) is 41.3 Å². The second-order valence-corrected chi connectivity index (χ2v) is 6.14. The number of nitrogens with one attached hydrogen (secondary N) is 1. The van der Waals surface area contributed by atoms with Crippen LogP contribution in [0.3, 0.4) is 0 Å². The SMILES string of the molecule is NCCOc1ccc(NC(=O)C2CCCCN2C(=O)c2ccco2)cc1. The summed E-state index contributed by atoms with van der Waals surface area (Å²) in [5, 5.41) is 2.88. The van der Waals surface area contributed by atoms with E-state index in [9.17, 15) is 9.59 Å². The first-order valence-corrected chi connectivity index (χ1v) is 8.77. The van der Waals surface area contributed by atoms with Gasteiger partial charge in [0.1, 0.15) is 18.4 Å². The lowest BCUT2D eigenvalue weighted by molar-refractivity contribution is -0.121. The summed E-state index contributed by atoms with van der Waals surface area (Å²) in [4.78, 5) is 26.9. The molecule has 26 heavy (non-hydrogen) atoms. The Morgan fingerprint density at radius 2 is 2.04 bits per heavy atom. The van der Waals surface area contributed by atoms with Gasteiger partial charge >= 0.3 is 0 Å². The molecule has 0 aliphatic carbocycles. The van der Waals surface area contributed by atoms with Crippen LogP contribution >= 0.6 is 0 Å². The molecule has 1 atom stereocenters. The molecule has 1 fully saturated rings. The van der Waals surface area contributed by atoms with Crippen LogP contribution < -0.4 is 15.8 Å². The Kier molecular flexibility index (Phi) is 5.91. The molecule has 1 saturated heterocycles. The van der Waals surface area contributed by atoms with Gasteiger partial charge in [0.25, 0.3) is 5.91 Å². The second kappa shape index (κ2) is 8.53. The minimum absolute atomic E-state index is 0.194. The number of anilines is 1. The van der Waals surface area contributed by atoms with E-state index < -0.39 is 6.04 Å². The van der Waals surface area contributed by atoms with Gasteiger partial charge in [0.15, 0.2) is 5.76 Å². The topological polar surface area (TPSA) is 97.8 Å². The van der Waals surface area contributed by atoms with Crippen LogP contribution in [-0.4, -0.2) is 42.5 Å². The number of ether oxygens (including phenoxy) is 1. The van der Waals surface area contributed by atoms with E-state index in [4.69, 9.17) is 14.9 Å². The lowest BCUT2D eigenvalue weighted by atomic mass is 10.0. The van der Waals surface area contributed by atoms with Gasteiger partial charge in [-0.1, -0.05) is 0 Å². The number of amides is 2. The van der Waals surface area contributed by atoms with Crippen LogP contribution in [0.5, 0.6) is 5.75 Å². The maximum absolute atomic E-state index is 12.7. The highest BCUT2D eigenvalue weighted by molar-refractivity contribution is 6.00. The number of piperidine rings is 1. The highest BCUT2D eigenvalue weighted by Crippen LogP contribution is 2.22. The minimum Gasteiger partial charge on any atom is -0.492 e. The predicted octanol–water partition coefficient (Wildman–Crippen LogP) is 2.25. The van der Waals surface area contributed by atoms with Crippen molar-refractivity contribution in [2.75, 3.05) is 25.0 Å². The zero-order chi connectivity index (χ0) is 18.4. The molecule has 7 nitrogen and oxygen atoms in total. The van der Waals surface area contributed by atoms with Gasteiger partial charge < -0.3 is 25.1 Å². The van der Waals surface area contributed by atoms with Crippen LogP contribution in [0.15, 0.2) is 47.1 Å². The molecule has 1 aliphatic heterocycles. The summed E-state index contributed by atoms with van der Waals surface area (Å²) in [7, 11) is 0. The smallest absolute Gasteiger partial charge is 0.290 e. The van der Waals surface area contributed by atoms with Gasteiger partial charge in [-0.2, -0.15) is 0 Å². The van der Waals surface area contributed by atoms with Crippen LogP contribution in [-0.2, 0) is 4.79 Å². The predicted molar refractivity (Wildman–Crippen MR) is 97.0 cm³/mol. The van der Waals surface area contributed by atoms with Gasteiger partial charge in [-0.25, -0.2) is 0 Å². The number of carbonyl (C=O) groups excluding carboxylic acids is 2.